The molecule has 0 radical (unpaired) electrons. The van der Waals surface area contributed by atoms with Gasteiger partial charge in [0.1, 0.15) is 0 Å². The van der Waals surface area contributed by atoms with E-state index >= 15 is 0 Å². The van der Waals surface area contributed by atoms with E-state index in [1.54, 1.807) is 0 Å². The lowest BCUT2D eigenvalue weighted by Crippen LogP contribution is -2.16. The minimum atomic E-state index is 0.104. The van der Waals surface area contributed by atoms with Gasteiger partial charge in [-0.25, -0.2) is 0 Å². The van der Waals surface area contributed by atoms with Gasteiger partial charge in [-0.15, -0.1) is 0 Å². The summed E-state index contributed by atoms with van der Waals surface area (Å²) in [6, 6.07) is 0. The average Bonchev–Trinajstić information content (AvgIpc) is 3.29. The largest absolute Gasteiger partial charge is 0.396 e. The van der Waals surface area contributed by atoms with Crippen molar-refractivity contribution in [2.24, 2.45) is 10.8 Å². The number of aliphatic hydroxyl groups is 2. The lowest BCUT2D eigenvalue weighted by Gasteiger charge is -2.22. The predicted octanol–water partition coefficient (Wildman–Crippen LogP) is 6.67. The van der Waals surface area contributed by atoms with E-state index in [0.717, 1.165) is 33.8 Å². The van der Waals surface area contributed by atoms with Gasteiger partial charge in [0.25, 0.3) is 0 Å². The van der Waals surface area contributed by atoms with Crippen LogP contribution in [0.5, 0.6) is 0 Å². The van der Waals surface area contributed by atoms with Crippen molar-refractivity contribution < 1.29 is 10.2 Å². The van der Waals surface area contributed by atoms with Crippen molar-refractivity contribution in [3.8, 4) is 0 Å². The standard InChI is InChI=1S/C24H46O2S2/c1-23(2,17-25)15-5-7-19-9-11-21(27-19)13-14-22-12-10-20(28-22)8-6-16-24(3,4)18-26/h19-22,25-26H,5-18H2,1-4H3. The Morgan fingerprint density at radius 1 is 0.607 bits per heavy atom. The summed E-state index contributed by atoms with van der Waals surface area (Å²) in [5, 5.41) is 22.3. The summed E-state index contributed by atoms with van der Waals surface area (Å²) in [6.45, 7) is 9.34. The summed E-state index contributed by atoms with van der Waals surface area (Å²) in [7, 11) is 0. The lowest BCUT2D eigenvalue weighted by atomic mass is 9.88. The Balaban J connectivity index is 1.54. The van der Waals surface area contributed by atoms with Crippen LogP contribution in [-0.4, -0.2) is 44.4 Å². The van der Waals surface area contributed by atoms with Crippen LogP contribution in [0, 0.1) is 10.8 Å². The van der Waals surface area contributed by atoms with Gasteiger partial charge in [0.05, 0.1) is 0 Å². The SMILES string of the molecule is CC(C)(CO)CCCC1CCC(CCC2CCC(CCCC(C)(C)CO)S2)S1. The summed E-state index contributed by atoms with van der Waals surface area (Å²) in [6.07, 6.45) is 16.1. The number of aliphatic hydroxyl groups excluding tert-OH is 2. The van der Waals surface area contributed by atoms with Gasteiger partial charge in [0.2, 0.25) is 0 Å². The van der Waals surface area contributed by atoms with Crippen molar-refractivity contribution in [3.05, 3.63) is 0 Å². The zero-order chi connectivity index (χ0) is 20.6. The normalized spacial score (nSPS) is 28.9. The first kappa shape index (κ1) is 24.9. The number of thioether (sulfide) groups is 2. The highest BCUT2D eigenvalue weighted by Gasteiger charge is 2.29. The van der Waals surface area contributed by atoms with Crippen LogP contribution in [0.2, 0.25) is 0 Å². The molecule has 4 atom stereocenters. The van der Waals surface area contributed by atoms with Crippen LogP contribution in [0.4, 0.5) is 0 Å². The fraction of sp³-hybridized carbons (Fsp3) is 1.00. The smallest absolute Gasteiger partial charge is 0.0482 e. The molecule has 0 bridgehead atoms. The maximum atomic E-state index is 9.40. The second kappa shape index (κ2) is 11.9. The molecule has 0 aromatic heterocycles. The Bertz CT molecular complexity index is 398. The van der Waals surface area contributed by atoms with E-state index in [0.29, 0.717) is 13.2 Å². The van der Waals surface area contributed by atoms with E-state index in [1.165, 1.54) is 64.2 Å². The van der Waals surface area contributed by atoms with Crippen LogP contribution in [0.25, 0.3) is 0 Å². The fourth-order valence-electron chi connectivity index (χ4n) is 4.56. The van der Waals surface area contributed by atoms with Gasteiger partial charge < -0.3 is 10.2 Å². The second-order valence-electron chi connectivity index (χ2n) is 10.9. The Labute approximate surface area is 183 Å². The van der Waals surface area contributed by atoms with Crippen LogP contribution in [-0.2, 0) is 0 Å². The minimum absolute atomic E-state index is 0.104. The molecule has 2 rings (SSSR count). The maximum Gasteiger partial charge on any atom is 0.0482 e. The molecule has 2 aliphatic rings. The van der Waals surface area contributed by atoms with Gasteiger partial charge in [-0.1, -0.05) is 40.5 Å². The quantitative estimate of drug-likeness (QED) is 0.342. The summed E-state index contributed by atoms with van der Waals surface area (Å²) >= 11 is 4.55. The van der Waals surface area contributed by atoms with Crippen molar-refractivity contribution in [1.29, 1.82) is 0 Å². The highest BCUT2D eigenvalue weighted by Crippen LogP contribution is 2.43. The highest BCUT2D eigenvalue weighted by atomic mass is 32.2. The molecule has 166 valence electrons. The molecule has 0 spiro atoms. The number of hydrogen-bond acceptors (Lipinski definition) is 4. The van der Waals surface area contributed by atoms with Crippen LogP contribution in [0.3, 0.4) is 0 Å². The van der Waals surface area contributed by atoms with Crippen LogP contribution in [0.15, 0.2) is 0 Å². The van der Waals surface area contributed by atoms with Crippen LogP contribution in [0.1, 0.15) is 105 Å². The topological polar surface area (TPSA) is 40.5 Å². The van der Waals surface area contributed by atoms with E-state index < -0.39 is 0 Å². The first-order chi connectivity index (χ1) is 13.2. The van der Waals surface area contributed by atoms with Crippen molar-refractivity contribution >= 4 is 23.5 Å². The highest BCUT2D eigenvalue weighted by molar-refractivity contribution is 8.01. The molecule has 0 aromatic carbocycles. The molecule has 2 nitrogen and oxygen atoms in total. The minimum Gasteiger partial charge on any atom is -0.396 e. The molecule has 4 unspecified atom stereocenters. The third-order valence-electron chi connectivity index (χ3n) is 6.82. The zero-order valence-corrected chi connectivity index (χ0v) is 20.6. The molecule has 2 saturated heterocycles. The van der Waals surface area contributed by atoms with Gasteiger partial charge >= 0.3 is 0 Å². The Morgan fingerprint density at radius 3 is 1.25 bits per heavy atom. The van der Waals surface area contributed by atoms with Gasteiger partial charge in [0.15, 0.2) is 0 Å². The van der Waals surface area contributed by atoms with Crippen molar-refractivity contribution in [3.63, 3.8) is 0 Å². The van der Waals surface area contributed by atoms with E-state index in [9.17, 15) is 10.2 Å². The summed E-state index contributed by atoms with van der Waals surface area (Å²) in [4.78, 5) is 0. The predicted molar refractivity (Wildman–Crippen MR) is 127 cm³/mol. The van der Waals surface area contributed by atoms with Crippen LogP contribution >= 0.6 is 23.5 Å². The molecule has 2 heterocycles. The third-order valence-corrected chi connectivity index (χ3v) is 10.2. The summed E-state index contributed by atoms with van der Waals surface area (Å²) < 4.78 is 0. The number of rotatable bonds is 13. The number of hydrogen-bond donors (Lipinski definition) is 2. The fourth-order valence-corrected chi connectivity index (χ4v) is 7.88. The Morgan fingerprint density at radius 2 is 0.929 bits per heavy atom. The van der Waals surface area contributed by atoms with E-state index in [1.807, 2.05) is 0 Å². The average molecular weight is 431 g/mol. The molecule has 0 aromatic rings. The lowest BCUT2D eigenvalue weighted by molar-refractivity contribution is 0.147. The maximum absolute atomic E-state index is 9.40. The van der Waals surface area contributed by atoms with Crippen molar-refractivity contribution in [1.82, 2.24) is 0 Å². The van der Waals surface area contributed by atoms with Gasteiger partial charge in [-0.2, -0.15) is 23.5 Å². The molecule has 0 amide bonds. The van der Waals surface area contributed by atoms with Gasteiger partial charge in [-0.05, 0) is 75.0 Å². The molecule has 28 heavy (non-hydrogen) atoms. The van der Waals surface area contributed by atoms with Gasteiger partial charge in [-0.3, -0.25) is 0 Å². The third kappa shape index (κ3) is 9.18. The molecular formula is C24H46O2S2. The van der Waals surface area contributed by atoms with Crippen LogP contribution < -0.4 is 0 Å². The Hall–Kier alpha value is 0.620. The summed E-state index contributed by atoms with van der Waals surface area (Å²) in [5.74, 6) is 0. The first-order valence-corrected chi connectivity index (χ1v) is 13.6. The first-order valence-electron chi connectivity index (χ1n) is 11.8. The Kier molecular flexibility index (Phi) is 10.5. The molecule has 2 aliphatic heterocycles. The molecule has 2 N–H and O–H groups in total. The monoisotopic (exact) mass is 430 g/mol. The molecule has 0 saturated carbocycles. The summed E-state index contributed by atoms with van der Waals surface area (Å²) in [5.41, 5.74) is 0.208. The molecule has 0 aliphatic carbocycles. The second-order valence-corrected chi connectivity index (χ2v) is 14.1. The van der Waals surface area contributed by atoms with E-state index in [2.05, 4.69) is 51.2 Å². The molecule has 2 fully saturated rings. The molecular weight excluding hydrogens is 384 g/mol. The molecule has 4 heteroatoms. The zero-order valence-electron chi connectivity index (χ0n) is 18.9. The van der Waals surface area contributed by atoms with E-state index in [4.69, 9.17) is 0 Å². The van der Waals surface area contributed by atoms with E-state index in [-0.39, 0.29) is 10.8 Å². The van der Waals surface area contributed by atoms with Crippen molar-refractivity contribution in [2.45, 2.75) is 126 Å². The van der Waals surface area contributed by atoms with Crippen molar-refractivity contribution in [2.75, 3.05) is 13.2 Å². The van der Waals surface area contributed by atoms with Gasteiger partial charge in [0, 0.05) is 34.2 Å².